The molecule has 0 spiro atoms. The molecule has 4 rings (SSSR count). The van der Waals surface area contributed by atoms with E-state index in [0.29, 0.717) is 63.8 Å². The lowest BCUT2D eigenvalue weighted by Crippen LogP contribution is -2.50. The number of hydrogen-bond acceptors (Lipinski definition) is 6. The predicted octanol–water partition coefficient (Wildman–Crippen LogP) is 6.04. The van der Waals surface area contributed by atoms with Gasteiger partial charge < -0.3 is 28.7 Å². The zero-order valence-corrected chi connectivity index (χ0v) is 26.5. The van der Waals surface area contributed by atoms with E-state index in [0.717, 1.165) is 51.4 Å². The number of hydrogen-bond donors (Lipinski definition) is 0. The van der Waals surface area contributed by atoms with Crippen LogP contribution in [0, 0.1) is 0 Å². The summed E-state index contributed by atoms with van der Waals surface area (Å²) in [5.74, 6) is 0.326. The molecule has 4 aliphatic carbocycles. The lowest BCUT2D eigenvalue weighted by Gasteiger charge is -2.41. The Kier molecular flexibility index (Phi) is 16.0. The first kappa shape index (κ1) is 33.7. The van der Waals surface area contributed by atoms with Crippen molar-refractivity contribution >= 4 is 11.8 Å². The van der Waals surface area contributed by atoms with Gasteiger partial charge in [-0.3, -0.25) is 9.59 Å². The minimum atomic E-state index is 0.155. The van der Waals surface area contributed by atoms with Gasteiger partial charge in [-0.15, -0.1) is 0 Å². The van der Waals surface area contributed by atoms with Crippen molar-refractivity contribution in [1.82, 2.24) is 9.80 Å². The Morgan fingerprint density at radius 2 is 0.619 bits per heavy atom. The molecule has 0 aromatic rings. The first-order valence-electron chi connectivity index (χ1n) is 17.7. The standard InChI is InChI=1S/C34H60N2O6/c37-33(35(29-13-5-1-6-14-29)30-15-7-2-8-16-30)27-41-25-23-39-21-22-40-24-26-42-28-34(38)36(31-17-9-3-10-18-31)32-19-11-4-12-20-32/h29-32H,1-28H2. The van der Waals surface area contributed by atoms with Gasteiger partial charge in [-0.25, -0.2) is 0 Å². The Morgan fingerprint density at radius 1 is 0.381 bits per heavy atom. The lowest BCUT2D eigenvalue weighted by molar-refractivity contribution is -0.144. The molecule has 0 aliphatic heterocycles. The van der Waals surface area contributed by atoms with E-state index in [1.165, 1.54) is 77.0 Å². The first-order valence-corrected chi connectivity index (χ1v) is 17.7. The molecule has 0 aromatic heterocycles. The molecule has 2 amide bonds. The Morgan fingerprint density at radius 3 is 0.881 bits per heavy atom. The maximum atomic E-state index is 13.1. The SMILES string of the molecule is O=C(COCCOCCOCCOCC(=O)N(C1CCCCC1)C1CCCCC1)N(C1CCCCC1)C1CCCCC1. The van der Waals surface area contributed by atoms with Gasteiger partial charge in [0.2, 0.25) is 11.8 Å². The van der Waals surface area contributed by atoms with Gasteiger partial charge in [0.1, 0.15) is 13.2 Å². The molecule has 4 saturated carbocycles. The molecule has 4 aliphatic rings. The molecular weight excluding hydrogens is 532 g/mol. The number of ether oxygens (including phenoxy) is 4. The van der Waals surface area contributed by atoms with E-state index in [2.05, 4.69) is 9.80 Å². The Balaban J connectivity index is 1.01. The van der Waals surface area contributed by atoms with Crippen LogP contribution in [-0.4, -0.2) is 98.6 Å². The van der Waals surface area contributed by atoms with Gasteiger partial charge >= 0.3 is 0 Å². The molecule has 4 fully saturated rings. The summed E-state index contributed by atoms with van der Waals surface area (Å²) in [5, 5.41) is 0. The highest BCUT2D eigenvalue weighted by atomic mass is 16.6. The Labute approximate surface area is 255 Å². The molecule has 8 heteroatoms. The third-order valence-electron chi connectivity index (χ3n) is 10.0. The molecule has 0 heterocycles. The zero-order chi connectivity index (χ0) is 29.2. The van der Waals surface area contributed by atoms with Crippen LogP contribution in [0.3, 0.4) is 0 Å². The van der Waals surface area contributed by atoms with Crippen LogP contribution in [0.2, 0.25) is 0 Å². The van der Waals surface area contributed by atoms with Crippen molar-refractivity contribution in [2.45, 2.75) is 153 Å². The molecule has 0 unspecified atom stereocenters. The second-order valence-corrected chi connectivity index (χ2v) is 13.1. The molecule has 42 heavy (non-hydrogen) atoms. The molecule has 8 nitrogen and oxygen atoms in total. The summed E-state index contributed by atoms with van der Waals surface area (Å²) in [7, 11) is 0. The van der Waals surface area contributed by atoms with E-state index in [4.69, 9.17) is 18.9 Å². The molecule has 0 saturated heterocycles. The van der Waals surface area contributed by atoms with Gasteiger partial charge in [-0.2, -0.15) is 0 Å². The zero-order valence-electron chi connectivity index (χ0n) is 26.5. The average Bonchev–Trinajstić information content (AvgIpc) is 3.04. The summed E-state index contributed by atoms with van der Waals surface area (Å²) in [6.45, 7) is 2.99. The predicted molar refractivity (Wildman–Crippen MR) is 164 cm³/mol. The van der Waals surface area contributed by atoms with Crippen LogP contribution < -0.4 is 0 Å². The van der Waals surface area contributed by atoms with Gasteiger partial charge in [-0.05, 0) is 51.4 Å². The number of rotatable bonds is 17. The summed E-state index contributed by atoms with van der Waals surface area (Å²) in [6, 6.07) is 1.62. The highest BCUT2D eigenvalue weighted by Gasteiger charge is 2.33. The van der Waals surface area contributed by atoms with E-state index < -0.39 is 0 Å². The van der Waals surface area contributed by atoms with Crippen molar-refractivity contribution in [2.75, 3.05) is 52.9 Å². The normalized spacial score (nSPS) is 21.8. The third-order valence-corrected chi connectivity index (χ3v) is 10.0. The van der Waals surface area contributed by atoms with E-state index >= 15 is 0 Å². The molecule has 0 aromatic carbocycles. The molecule has 0 radical (unpaired) electrons. The fourth-order valence-electron chi connectivity index (χ4n) is 7.87. The number of nitrogens with zero attached hydrogens (tertiary/aromatic N) is 2. The minimum absolute atomic E-state index is 0.155. The summed E-state index contributed by atoms with van der Waals surface area (Å²) >= 11 is 0. The van der Waals surface area contributed by atoms with Crippen LogP contribution in [0.5, 0.6) is 0 Å². The number of carbonyl (C=O) groups excluding carboxylic acids is 2. The Hall–Kier alpha value is -1.22. The van der Waals surface area contributed by atoms with E-state index in [1.54, 1.807) is 0 Å². The van der Waals surface area contributed by atoms with Gasteiger partial charge in [0.05, 0.1) is 39.6 Å². The van der Waals surface area contributed by atoms with Gasteiger partial charge in [-0.1, -0.05) is 77.0 Å². The number of carbonyl (C=O) groups is 2. The Bertz CT molecular complexity index is 644. The highest BCUT2D eigenvalue weighted by Crippen LogP contribution is 2.31. The quantitative estimate of drug-likeness (QED) is 0.192. The largest absolute Gasteiger partial charge is 0.377 e. The fraction of sp³-hybridized carbons (Fsp3) is 0.941. The second-order valence-electron chi connectivity index (χ2n) is 13.1. The topological polar surface area (TPSA) is 77.5 Å². The van der Waals surface area contributed by atoms with Crippen molar-refractivity contribution in [2.24, 2.45) is 0 Å². The number of amides is 2. The van der Waals surface area contributed by atoms with Crippen LogP contribution in [0.4, 0.5) is 0 Å². The summed E-state index contributed by atoms with van der Waals surface area (Å²) in [4.78, 5) is 30.7. The average molecular weight is 593 g/mol. The van der Waals surface area contributed by atoms with Gasteiger partial charge in [0, 0.05) is 24.2 Å². The van der Waals surface area contributed by atoms with Crippen LogP contribution in [0.1, 0.15) is 128 Å². The smallest absolute Gasteiger partial charge is 0.249 e. The van der Waals surface area contributed by atoms with Gasteiger partial charge in [0.15, 0.2) is 0 Å². The monoisotopic (exact) mass is 592 g/mol. The van der Waals surface area contributed by atoms with Crippen molar-refractivity contribution < 1.29 is 28.5 Å². The van der Waals surface area contributed by atoms with Crippen LogP contribution in [0.25, 0.3) is 0 Å². The highest BCUT2D eigenvalue weighted by molar-refractivity contribution is 5.78. The summed E-state index contributed by atoms with van der Waals surface area (Å²) in [6.07, 6.45) is 24.3. The first-order chi connectivity index (χ1) is 20.7. The van der Waals surface area contributed by atoms with Crippen molar-refractivity contribution in [3.05, 3.63) is 0 Å². The molecule has 0 atom stereocenters. The van der Waals surface area contributed by atoms with Crippen molar-refractivity contribution in [3.8, 4) is 0 Å². The van der Waals surface area contributed by atoms with Gasteiger partial charge in [0.25, 0.3) is 0 Å². The molecule has 242 valence electrons. The summed E-state index contributed by atoms with van der Waals surface area (Å²) < 4.78 is 22.8. The van der Waals surface area contributed by atoms with Crippen molar-refractivity contribution in [1.29, 1.82) is 0 Å². The summed E-state index contributed by atoms with van der Waals surface area (Å²) in [5.41, 5.74) is 0. The lowest BCUT2D eigenvalue weighted by atomic mass is 9.88. The second kappa shape index (κ2) is 19.9. The maximum Gasteiger partial charge on any atom is 0.249 e. The molecule has 0 N–H and O–H groups in total. The van der Waals surface area contributed by atoms with Crippen molar-refractivity contribution in [3.63, 3.8) is 0 Å². The van der Waals surface area contributed by atoms with Crippen LogP contribution >= 0.6 is 0 Å². The fourth-order valence-corrected chi connectivity index (χ4v) is 7.87. The van der Waals surface area contributed by atoms with Crippen LogP contribution in [0.15, 0.2) is 0 Å². The molecule has 0 bridgehead atoms. The maximum absolute atomic E-state index is 13.1. The van der Waals surface area contributed by atoms with E-state index in [-0.39, 0.29) is 25.0 Å². The van der Waals surface area contributed by atoms with E-state index in [1.807, 2.05) is 0 Å². The van der Waals surface area contributed by atoms with Crippen LogP contribution in [-0.2, 0) is 28.5 Å². The minimum Gasteiger partial charge on any atom is -0.377 e. The third kappa shape index (κ3) is 11.4. The van der Waals surface area contributed by atoms with E-state index in [9.17, 15) is 9.59 Å². The molecular formula is C34H60N2O6.